The molecule has 0 radical (unpaired) electrons. The number of aliphatic hydroxyl groups excluding tert-OH is 1. The number of ketones is 1. The van der Waals surface area contributed by atoms with Gasteiger partial charge in [-0.1, -0.05) is 45.7 Å². The third-order valence-corrected chi connectivity index (χ3v) is 6.13. The summed E-state index contributed by atoms with van der Waals surface area (Å²) < 4.78 is 6.31. The number of carbonyl (C=O) groups excluding carboxylic acids is 2. The van der Waals surface area contributed by atoms with Crippen molar-refractivity contribution in [1.82, 2.24) is 9.88 Å². The Bertz CT molecular complexity index is 1230. The molecule has 1 N–H and O–H groups in total. The summed E-state index contributed by atoms with van der Waals surface area (Å²) in [5.41, 5.74) is 1.79. The molecule has 168 valence electrons. The molecule has 8 heteroatoms. The Hall–Kier alpha value is -3.16. The highest BCUT2D eigenvalue weighted by atomic mass is 79.9. The zero-order valence-corrected chi connectivity index (χ0v) is 20.0. The normalized spacial score (nSPS) is 17.4. The Morgan fingerprint density at radius 3 is 2.58 bits per heavy atom. The molecule has 0 aliphatic carbocycles. The summed E-state index contributed by atoms with van der Waals surface area (Å²) >= 11 is 9.71. The number of amides is 1. The predicted molar refractivity (Wildman–Crippen MR) is 129 cm³/mol. The van der Waals surface area contributed by atoms with Gasteiger partial charge in [0.2, 0.25) is 0 Å². The third kappa shape index (κ3) is 4.65. The molecule has 0 bridgehead atoms. The van der Waals surface area contributed by atoms with E-state index in [9.17, 15) is 14.7 Å². The van der Waals surface area contributed by atoms with Crippen LogP contribution in [0.25, 0.3) is 5.76 Å². The van der Waals surface area contributed by atoms with E-state index in [4.69, 9.17) is 16.3 Å². The Kier molecular flexibility index (Phi) is 6.81. The molecule has 33 heavy (non-hydrogen) atoms. The van der Waals surface area contributed by atoms with Gasteiger partial charge in [-0.25, -0.2) is 0 Å². The van der Waals surface area contributed by atoms with Crippen LogP contribution in [0.1, 0.15) is 29.7 Å². The van der Waals surface area contributed by atoms with E-state index in [0.29, 0.717) is 28.5 Å². The van der Waals surface area contributed by atoms with Crippen LogP contribution in [0.3, 0.4) is 0 Å². The van der Waals surface area contributed by atoms with E-state index in [2.05, 4.69) is 20.9 Å². The molecule has 0 unspecified atom stereocenters. The highest BCUT2D eigenvalue weighted by Gasteiger charge is 2.46. The van der Waals surface area contributed by atoms with Crippen LogP contribution in [-0.4, -0.2) is 33.3 Å². The quantitative estimate of drug-likeness (QED) is 0.259. The predicted octanol–water partition coefficient (Wildman–Crippen LogP) is 5.52. The van der Waals surface area contributed by atoms with Crippen LogP contribution in [0.15, 0.2) is 77.0 Å². The Labute approximate surface area is 204 Å². The first-order chi connectivity index (χ1) is 15.9. The van der Waals surface area contributed by atoms with Crippen molar-refractivity contribution >= 4 is 45.0 Å². The molecule has 6 nitrogen and oxygen atoms in total. The van der Waals surface area contributed by atoms with Gasteiger partial charge >= 0.3 is 0 Å². The van der Waals surface area contributed by atoms with Gasteiger partial charge in [0.15, 0.2) is 0 Å². The molecular weight excluding hydrogens is 508 g/mol. The van der Waals surface area contributed by atoms with Gasteiger partial charge in [-0.2, -0.15) is 0 Å². The SMILES string of the molecule is CCOc1ccc(/C(O)=C2\C(=O)C(=O)N(Cc3cccnc3)[C@@H]2c2ccc(Br)cc2)cc1Cl. The van der Waals surface area contributed by atoms with Gasteiger partial charge in [-0.3, -0.25) is 14.6 Å². The molecule has 1 fully saturated rings. The summed E-state index contributed by atoms with van der Waals surface area (Å²) in [4.78, 5) is 31.7. The van der Waals surface area contributed by atoms with E-state index >= 15 is 0 Å². The number of Topliss-reactive ketones (excluding diaryl/α,β-unsaturated/α-hetero) is 1. The number of ether oxygens (including phenoxy) is 1. The second-order valence-electron chi connectivity index (χ2n) is 7.42. The third-order valence-electron chi connectivity index (χ3n) is 5.31. The zero-order valence-electron chi connectivity index (χ0n) is 17.7. The lowest BCUT2D eigenvalue weighted by Crippen LogP contribution is -2.29. The minimum absolute atomic E-state index is 0.00596. The van der Waals surface area contributed by atoms with E-state index in [0.717, 1.165) is 10.0 Å². The number of pyridine rings is 1. The number of carbonyl (C=O) groups is 2. The number of aromatic nitrogens is 1. The molecule has 0 saturated carbocycles. The number of likely N-dealkylation sites (tertiary alicyclic amines) is 1. The van der Waals surface area contributed by atoms with Crippen molar-refractivity contribution in [3.63, 3.8) is 0 Å². The summed E-state index contributed by atoms with van der Waals surface area (Å²) in [6, 6.07) is 14.9. The molecule has 1 aliphatic rings. The first-order valence-electron chi connectivity index (χ1n) is 10.3. The Morgan fingerprint density at radius 1 is 1.18 bits per heavy atom. The van der Waals surface area contributed by atoms with Crippen molar-refractivity contribution in [3.8, 4) is 5.75 Å². The van der Waals surface area contributed by atoms with Crippen LogP contribution in [0.5, 0.6) is 5.75 Å². The first kappa shape index (κ1) is 23.0. The van der Waals surface area contributed by atoms with Gasteiger partial charge in [0.25, 0.3) is 11.7 Å². The fraction of sp³-hybridized carbons (Fsp3) is 0.160. The van der Waals surface area contributed by atoms with E-state index in [1.807, 2.05) is 37.3 Å². The monoisotopic (exact) mass is 526 g/mol. The number of rotatable bonds is 6. The van der Waals surface area contributed by atoms with Crippen molar-refractivity contribution in [2.75, 3.05) is 6.61 Å². The largest absolute Gasteiger partial charge is 0.507 e. The highest BCUT2D eigenvalue weighted by molar-refractivity contribution is 9.10. The molecule has 1 atom stereocenters. The Balaban J connectivity index is 1.84. The van der Waals surface area contributed by atoms with Crippen molar-refractivity contribution in [2.24, 2.45) is 0 Å². The van der Waals surface area contributed by atoms with Crippen molar-refractivity contribution in [2.45, 2.75) is 19.5 Å². The summed E-state index contributed by atoms with van der Waals surface area (Å²) in [6.45, 7) is 2.44. The molecule has 1 amide bonds. The maximum Gasteiger partial charge on any atom is 0.295 e. The zero-order chi connectivity index (χ0) is 23.5. The van der Waals surface area contributed by atoms with Crippen LogP contribution < -0.4 is 4.74 Å². The fourth-order valence-corrected chi connectivity index (χ4v) is 4.30. The van der Waals surface area contributed by atoms with E-state index in [1.165, 1.54) is 11.0 Å². The lowest BCUT2D eigenvalue weighted by atomic mass is 9.95. The van der Waals surface area contributed by atoms with E-state index < -0.39 is 17.7 Å². The van der Waals surface area contributed by atoms with Gasteiger partial charge in [-0.15, -0.1) is 0 Å². The standard InChI is InChI=1S/C25H20BrClN2O4/c1-2-33-20-10-7-17(12-19(20)27)23(30)21-22(16-5-8-18(26)9-6-16)29(25(32)24(21)31)14-15-4-3-11-28-13-15/h3-13,22,30H,2,14H2,1H3/b23-21+/t22-/m1/s1. The number of hydrogen-bond acceptors (Lipinski definition) is 5. The maximum atomic E-state index is 13.1. The smallest absolute Gasteiger partial charge is 0.295 e. The molecule has 2 aromatic carbocycles. The highest BCUT2D eigenvalue weighted by Crippen LogP contribution is 2.41. The molecule has 4 rings (SSSR count). The van der Waals surface area contributed by atoms with Crippen LogP contribution in [0.2, 0.25) is 5.02 Å². The number of hydrogen-bond donors (Lipinski definition) is 1. The van der Waals surface area contributed by atoms with E-state index in [-0.39, 0.29) is 17.9 Å². The summed E-state index contributed by atoms with van der Waals surface area (Å²) in [5, 5.41) is 11.5. The van der Waals surface area contributed by atoms with Gasteiger partial charge in [-0.05, 0) is 54.4 Å². The molecular formula is C25H20BrClN2O4. The molecule has 2 heterocycles. The van der Waals surface area contributed by atoms with Crippen LogP contribution in [0.4, 0.5) is 0 Å². The Morgan fingerprint density at radius 2 is 1.94 bits per heavy atom. The summed E-state index contributed by atoms with van der Waals surface area (Å²) in [7, 11) is 0. The van der Waals surface area contributed by atoms with Crippen LogP contribution >= 0.6 is 27.5 Å². The average Bonchev–Trinajstić information content (AvgIpc) is 3.06. The van der Waals surface area contributed by atoms with Crippen LogP contribution in [0, 0.1) is 0 Å². The van der Waals surface area contributed by atoms with Crippen LogP contribution in [-0.2, 0) is 16.1 Å². The molecule has 1 saturated heterocycles. The second kappa shape index (κ2) is 9.77. The maximum absolute atomic E-state index is 13.1. The van der Waals surface area contributed by atoms with Gasteiger partial charge in [0, 0.05) is 29.0 Å². The lowest BCUT2D eigenvalue weighted by Gasteiger charge is -2.25. The van der Waals surface area contributed by atoms with Crippen molar-refractivity contribution in [1.29, 1.82) is 0 Å². The van der Waals surface area contributed by atoms with Gasteiger partial charge < -0.3 is 14.7 Å². The average molecular weight is 528 g/mol. The lowest BCUT2D eigenvalue weighted by molar-refractivity contribution is -0.140. The molecule has 3 aromatic rings. The van der Waals surface area contributed by atoms with Gasteiger partial charge in [0.05, 0.1) is 23.2 Å². The number of aliphatic hydroxyl groups is 1. The topological polar surface area (TPSA) is 79.7 Å². The molecule has 0 spiro atoms. The minimum Gasteiger partial charge on any atom is -0.507 e. The van der Waals surface area contributed by atoms with Crippen molar-refractivity contribution in [3.05, 3.63) is 98.7 Å². The van der Waals surface area contributed by atoms with Crippen molar-refractivity contribution < 1.29 is 19.4 Å². The fourth-order valence-electron chi connectivity index (χ4n) is 3.80. The number of benzene rings is 2. The first-order valence-corrected chi connectivity index (χ1v) is 11.4. The molecule has 1 aromatic heterocycles. The number of nitrogens with zero attached hydrogens (tertiary/aromatic N) is 2. The minimum atomic E-state index is -0.774. The summed E-state index contributed by atoms with van der Waals surface area (Å²) in [5.74, 6) is -1.27. The summed E-state index contributed by atoms with van der Waals surface area (Å²) in [6.07, 6.45) is 3.28. The molecule has 1 aliphatic heterocycles. The van der Waals surface area contributed by atoms with E-state index in [1.54, 1.807) is 30.6 Å². The number of halogens is 2. The van der Waals surface area contributed by atoms with Gasteiger partial charge in [0.1, 0.15) is 11.5 Å². The second-order valence-corrected chi connectivity index (χ2v) is 8.74.